The first-order valence-corrected chi connectivity index (χ1v) is 6.66. The average Bonchev–Trinajstić information content (AvgIpc) is 2.27. The summed E-state index contributed by atoms with van der Waals surface area (Å²) in [7, 11) is 0. The normalized spacial score (nSPS) is 10.9. The largest absolute Gasteiger partial charge is 0.303 e. The van der Waals surface area contributed by atoms with Crippen LogP contribution in [-0.2, 0) is 0 Å². The lowest BCUT2D eigenvalue weighted by molar-refractivity contribution is 0.324. The Kier molecular flexibility index (Phi) is 5.81. The molecule has 0 atom stereocenters. The third-order valence-corrected chi connectivity index (χ3v) is 3.58. The van der Waals surface area contributed by atoms with E-state index in [-0.39, 0.29) is 0 Å². The number of rotatable bonds is 6. The maximum Gasteiger partial charge on any atom is 0.0108 e. The highest BCUT2D eigenvalue weighted by Gasteiger charge is 1.99. The molecule has 1 aromatic carbocycles. The van der Waals surface area contributed by atoms with Crippen molar-refractivity contribution < 1.29 is 0 Å². The van der Waals surface area contributed by atoms with Crippen molar-refractivity contribution in [2.24, 2.45) is 0 Å². The fourth-order valence-corrected chi connectivity index (χ4v) is 2.38. The monoisotopic (exact) mass is 223 g/mol. The molecule has 0 unspecified atom stereocenters. The van der Waals surface area contributed by atoms with Crippen LogP contribution in [0, 0.1) is 6.92 Å². The number of hydrogen-bond acceptors (Lipinski definition) is 2. The molecule has 1 rings (SSSR count). The van der Waals surface area contributed by atoms with Gasteiger partial charge in [0.2, 0.25) is 0 Å². The van der Waals surface area contributed by atoms with Gasteiger partial charge in [-0.1, -0.05) is 31.5 Å². The van der Waals surface area contributed by atoms with E-state index in [1.165, 1.54) is 22.8 Å². The third-order valence-electron chi connectivity index (χ3n) is 2.59. The van der Waals surface area contributed by atoms with Crippen LogP contribution in [0.1, 0.15) is 19.4 Å². The van der Waals surface area contributed by atoms with Crippen molar-refractivity contribution in [2.45, 2.75) is 25.7 Å². The second-order valence-corrected chi connectivity index (χ2v) is 4.86. The minimum Gasteiger partial charge on any atom is -0.303 e. The van der Waals surface area contributed by atoms with Crippen molar-refractivity contribution in [1.82, 2.24) is 4.90 Å². The lowest BCUT2D eigenvalue weighted by Gasteiger charge is -2.17. The van der Waals surface area contributed by atoms with Crippen LogP contribution < -0.4 is 0 Å². The second-order valence-electron chi connectivity index (χ2n) is 3.69. The van der Waals surface area contributed by atoms with Gasteiger partial charge >= 0.3 is 0 Å². The van der Waals surface area contributed by atoms with E-state index in [1.807, 2.05) is 11.8 Å². The molecule has 0 spiro atoms. The van der Waals surface area contributed by atoms with Crippen molar-refractivity contribution in [3.05, 3.63) is 29.8 Å². The molecule has 1 aromatic rings. The van der Waals surface area contributed by atoms with Gasteiger partial charge in [0.1, 0.15) is 0 Å². The van der Waals surface area contributed by atoms with Gasteiger partial charge in [-0.25, -0.2) is 0 Å². The molecule has 0 fully saturated rings. The number of thioether (sulfide) groups is 1. The maximum atomic E-state index is 2.46. The van der Waals surface area contributed by atoms with E-state index in [0.717, 1.165) is 13.1 Å². The van der Waals surface area contributed by atoms with Gasteiger partial charge in [-0.05, 0) is 32.1 Å². The lowest BCUT2D eigenvalue weighted by atomic mass is 10.2. The van der Waals surface area contributed by atoms with Crippen LogP contribution in [0.15, 0.2) is 29.2 Å². The highest BCUT2D eigenvalue weighted by molar-refractivity contribution is 7.99. The Morgan fingerprint density at radius 2 is 1.67 bits per heavy atom. The van der Waals surface area contributed by atoms with E-state index in [4.69, 9.17) is 0 Å². The topological polar surface area (TPSA) is 3.24 Å². The highest BCUT2D eigenvalue weighted by Crippen LogP contribution is 2.17. The van der Waals surface area contributed by atoms with Gasteiger partial charge < -0.3 is 4.90 Å². The van der Waals surface area contributed by atoms with E-state index in [1.54, 1.807) is 0 Å². The van der Waals surface area contributed by atoms with Crippen LogP contribution in [0.4, 0.5) is 0 Å². The number of benzene rings is 1. The zero-order valence-electron chi connectivity index (χ0n) is 9.99. The van der Waals surface area contributed by atoms with Gasteiger partial charge in [0.25, 0.3) is 0 Å². The fraction of sp³-hybridized carbons (Fsp3) is 0.538. The molecule has 0 N–H and O–H groups in total. The van der Waals surface area contributed by atoms with Gasteiger partial charge in [-0.3, -0.25) is 0 Å². The molecule has 0 bridgehead atoms. The Balaban J connectivity index is 2.28. The molecule has 0 aromatic heterocycles. The van der Waals surface area contributed by atoms with Gasteiger partial charge in [0.15, 0.2) is 0 Å². The van der Waals surface area contributed by atoms with Crippen molar-refractivity contribution in [2.75, 3.05) is 25.4 Å². The summed E-state index contributed by atoms with van der Waals surface area (Å²) < 4.78 is 0. The molecule has 84 valence electrons. The second kappa shape index (κ2) is 6.91. The van der Waals surface area contributed by atoms with Crippen LogP contribution in [0.25, 0.3) is 0 Å². The molecule has 0 aliphatic carbocycles. The number of hydrogen-bond donors (Lipinski definition) is 0. The first-order chi connectivity index (χ1) is 7.26. The van der Waals surface area contributed by atoms with Gasteiger partial charge in [-0.2, -0.15) is 0 Å². The van der Waals surface area contributed by atoms with Crippen LogP contribution in [0.5, 0.6) is 0 Å². The van der Waals surface area contributed by atoms with E-state index in [0.29, 0.717) is 0 Å². The van der Waals surface area contributed by atoms with Crippen LogP contribution in [0.3, 0.4) is 0 Å². The Bertz CT molecular complexity index is 264. The van der Waals surface area contributed by atoms with Crippen molar-refractivity contribution in [3.63, 3.8) is 0 Å². The zero-order chi connectivity index (χ0) is 11.1. The van der Waals surface area contributed by atoms with Crippen molar-refractivity contribution in [3.8, 4) is 0 Å². The first kappa shape index (κ1) is 12.6. The first-order valence-electron chi connectivity index (χ1n) is 5.68. The molecule has 0 amide bonds. The molecular formula is C13H21NS. The summed E-state index contributed by atoms with van der Waals surface area (Å²) in [5, 5.41) is 0. The fourth-order valence-electron chi connectivity index (χ4n) is 1.47. The summed E-state index contributed by atoms with van der Waals surface area (Å²) in [6.45, 7) is 10.1. The van der Waals surface area contributed by atoms with Crippen molar-refractivity contribution in [1.29, 1.82) is 0 Å². The Morgan fingerprint density at radius 3 is 2.20 bits per heavy atom. The highest BCUT2D eigenvalue weighted by atomic mass is 32.2. The SMILES string of the molecule is CCN(CC)CCSc1ccc(C)cc1. The van der Waals surface area contributed by atoms with Crippen LogP contribution in [0.2, 0.25) is 0 Å². The van der Waals surface area contributed by atoms with Crippen LogP contribution >= 0.6 is 11.8 Å². The quantitative estimate of drug-likeness (QED) is 0.680. The summed E-state index contributed by atoms with van der Waals surface area (Å²) >= 11 is 1.95. The molecule has 1 nitrogen and oxygen atoms in total. The minimum absolute atomic E-state index is 1.16. The molecule has 0 heterocycles. The summed E-state index contributed by atoms with van der Waals surface area (Å²) in [5.74, 6) is 1.19. The maximum absolute atomic E-state index is 2.46. The predicted molar refractivity (Wildman–Crippen MR) is 69.7 cm³/mol. The average molecular weight is 223 g/mol. The molecule has 0 radical (unpaired) electrons. The summed E-state index contributed by atoms with van der Waals surface area (Å²) in [6.07, 6.45) is 0. The van der Waals surface area contributed by atoms with Crippen molar-refractivity contribution >= 4 is 11.8 Å². The molecule has 0 aliphatic heterocycles. The molecule has 0 aliphatic rings. The van der Waals surface area contributed by atoms with E-state index < -0.39 is 0 Å². The van der Waals surface area contributed by atoms with E-state index >= 15 is 0 Å². The molecule has 2 heteroatoms. The number of nitrogens with zero attached hydrogens (tertiary/aromatic N) is 1. The zero-order valence-corrected chi connectivity index (χ0v) is 10.8. The Hall–Kier alpha value is -0.470. The van der Waals surface area contributed by atoms with Gasteiger partial charge in [0, 0.05) is 17.2 Å². The Labute approximate surface area is 97.9 Å². The summed E-state index contributed by atoms with van der Waals surface area (Å²) in [5.41, 5.74) is 1.34. The summed E-state index contributed by atoms with van der Waals surface area (Å²) in [4.78, 5) is 3.84. The van der Waals surface area contributed by atoms with E-state index in [2.05, 4.69) is 49.9 Å². The minimum atomic E-state index is 1.16. The lowest BCUT2D eigenvalue weighted by Crippen LogP contribution is -2.25. The molecule has 0 saturated heterocycles. The smallest absolute Gasteiger partial charge is 0.0108 e. The molecular weight excluding hydrogens is 202 g/mol. The summed E-state index contributed by atoms with van der Waals surface area (Å²) in [6, 6.07) is 8.78. The van der Waals surface area contributed by atoms with E-state index in [9.17, 15) is 0 Å². The number of aryl methyl sites for hydroxylation is 1. The standard InChI is InChI=1S/C13H21NS/c1-4-14(5-2)10-11-15-13-8-6-12(3)7-9-13/h6-9H,4-5,10-11H2,1-3H3. The third kappa shape index (κ3) is 4.72. The van der Waals surface area contributed by atoms with Gasteiger partial charge in [-0.15, -0.1) is 11.8 Å². The van der Waals surface area contributed by atoms with Crippen LogP contribution in [-0.4, -0.2) is 30.3 Å². The molecule has 0 saturated carbocycles. The Morgan fingerprint density at radius 1 is 1.07 bits per heavy atom. The van der Waals surface area contributed by atoms with Gasteiger partial charge in [0.05, 0.1) is 0 Å². The predicted octanol–water partition coefficient (Wildman–Crippen LogP) is 3.43. The molecule has 15 heavy (non-hydrogen) atoms.